The van der Waals surface area contributed by atoms with Gasteiger partial charge in [0.25, 0.3) is 0 Å². The molecule has 1 aromatic heterocycles. The normalized spacial score (nSPS) is 13.0. The third-order valence-electron chi connectivity index (χ3n) is 2.69. The van der Waals surface area contributed by atoms with Crippen LogP contribution in [0, 0.1) is 0 Å². The predicted octanol–water partition coefficient (Wildman–Crippen LogP) is 0.550. The van der Waals surface area contributed by atoms with Gasteiger partial charge in [0.05, 0.1) is 30.1 Å². The Kier molecular flexibility index (Phi) is 2.12. The number of aliphatic carboxylic acids is 1. The first-order valence-electron chi connectivity index (χ1n) is 5.11. The first-order chi connectivity index (χ1) is 8.66. The highest BCUT2D eigenvalue weighted by Crippen LogP contribution is 2.34. The molecule has 0 atom stereocenters. The van der Waals surface area contributed by atoms with Crippen LogP contribution in [0.1, 0.15) is 15.9 Å². The lowest BCUT2D eigenvalue weighted by Crippen LogP contribution is -2.05. The van der Waals surface area contributed by atoms with E-state index in [1.165, 1.54) is 18.5 Å². The van der Waals surface area contributed by atoms with Gasteiger partial charge in [0.15, 0.2) is 0 Å². The lowest BCUT2D eigenvalue weighted by molar-refractivity contribution is -0.136. The second-order valence-electron chi connectivity index (χ2n) is 3.82. The van der Waals surface area contributed by atoms with Gasteiger partial charge in [-0.05, 0) is 16.8 Å². The Morgan fingerprint density at radius 2 is 2.22 bits per heavy atom. The highest BCUT2D eigenvalue weighted by molar-refractivity contribution is 6.41. The van der Waals surface area contributed by atoms with Gasteiger partial charge >= 0.3 is 5.97 Å². The molecule has 0 unspecified atom stereocenters. The van der Waals surface area contributed by atoms with Crippen molar-refractivity contribution in [3.63, 3.8) is 0 Å². The van der Waals surface area contributed by atoms with E-state index in [1.54, 1.807) is 0 Å². The van der Waals surface area contributed by atoms with Crippen LogP contribution in [-0.4, -0.2) is 38.5 Å². The number of fused-ring (bicyclic) bond motifs is 3. The molecule has 0 fully saturated rings. The van der Waals surface area contributed by atoms with E-state index in [0.29, 0.717) is 27.7 Å². The van der Waals surface area contributed by atoms with E-state index >= 15 is 0 Å². The van der Waals surface area contributed by atoms with Crippen LogP contribution in [0.2, 0.25) is 0 Å². The Hall–Kier alpha value is -2.70. The van der Waals surface area contributed by atoms with E-state index in [2.05, 4.69) is 20.4 Å². The van der Waals surface area contributed by atoms with Gasteiger partial charge in [-0.15, -0.1) is 10.2 Å². The molecule has 0 saturated heterocycles. The monoisotopic (exact) mass is 242 g/mol. The van der Waals surface area contributed by atoms with Crippen molar-refractivity contribution >= 4 is 34.6 Å². The Balaban J connectivity index is 2.35. The molecule has 0 radical (unpaired) electrons. The van der Waals surface area contributed by atoms with Crippen molar-refractivity contribution in [2.75, 3.05) is 0 Å². The van der Waals surface area contributed by atoms with Gasteiger partial charge in [0.2, 0.25) is 5.78 Å². The largest absolute Gasteiger partial charge is 0.481 e. The van der Waals surface area contributed by atoms with Crippen LogP contribution in [0.15, 0.2) is 17.3 Å². The van der Waals surface area contributed by atoms with Gasteiger partial charge in [-0.2, -0.15) is 0 Å². The lowest BCUT2D eigenvalue weighted by atomic mass is 10.0. The van der Waals surface area contributed by atoms with Crippen molar-refractivity contribution < 1.29 is 14.7 Å². The van der Waals surface area contributed by atoms with Crippen molar-refractivity contribution in [3.8, 4) is 0 Å². The summed E-state index contributed by atoms with van der Waals surface area (Å²) in [6, 6.07) is 1.51. The number of carboxylic acid groups (broad SMARTS) is 1. The Bertz CT molecular complexity index is 724. The molecule has 0 spiro atoms. The Morgan fingerprint density at radius 1 is 1.39 bits per heavy atom. The molecule has 0 bridgehead atoms. The highest BCUT2D eigenvalue weighted by Gasteiger charge is 2.22. The molecule has 18 heavy (non-hydrogen) atoms. The van der Waals surface area contributed by atoms with E-state index in [1.807, 2.05) is 0 Å². The quantitative estimate of drug-likeness (QED) is 0.824. The van der Waals surface area contributed by atoms with E-state index in [-0.39, 0.29) is 12.2 Å². The zero-order chi connectivity index (χ0) is 12.7. The zero-order valence-corrected chi connectivity index (χ0v) is 8.99. The number of aromatic nitrogens is 3. The summed E-state index contributed by atoms with van der Waals surface area (Å²) in [5.74, 6) is -1.24. The summed E-state index contributed by atoms with van der Waals surface area (Å²) in [5, 5.41) is 20.4. The first-order valence-corrected chi connectivity index (χ1v) is 5.11. The third kappa shape index (κ3) is 1.45. The van der Waals surface area contributed by atoms with Gasteiger partial charge in [-0.3, -0.25) is 14.6 Å². The fourth-order valence-corrected chi connectivity index (χ4v) is 1.95. The fraction of sp³-hybridized carbons (Fsp3) is 0.0909. The Morgan fingerprint density at radius 3 is 3.00 bits per heavy atom. The summed E-state index contributed by atoms with van der Waals surface area (Å²) in [6.07, 6.45) is 2.41. The number of carbonyl (C=O) groups is 2. The van der Waals surface area contributed by atoms with Gasteiger partial charge in [0.1, 0.15) is 5.52 Å². The number of carbonyl (C=O) groups excluding carboxylic acids is 1. The van der Waals surface area contributed by atoms with E-state index in [9.17, 15) is 9.59 Å². The van der Waals surface area contributed by atoms with Gasteiger partial charge in [-0.1, -0.05) is 0 Å². The number of benzene rings is 1. The number of hydrogen-bond acceptors (Lipinski definition) is 6. The lowest BCUT2D eigenvalue weighted by Gasteiger charge is -2.06. The average molecular weight is 242 g/mol. The average Bonchev–Trinajstić information content (AvgIpc) is 2.71. The second-order valence-corrected chi connectivity index (χ2v) is 3.82. The van der Waals surface area contributed by atoms with Crippen LogP contribution in [0.3, 0.4) is 0 Å². The van der Waals surface area contributed by atoms with Crippen molar-refractivity contribution in [1.29, 1.82) is 0 Å². The summed E-state index contributed by atoms with van der Waals surface area (Å²) >= 11 is 0. The molecule has 1 aliphatic heterocycles. The molecule has 0 saturated carbocycles. The molecule has 2 aromatic rings. The number of ketones is 1. The molecule has 0 amide bonds. The maximum atomic E-state index is 11.6. The predicted molar refractivity (Wildman–Crippen MR) is 61.2 cm³/mol. The number of Topliss-reactive ketones (excluding diaryl/α,β-unsaturated/α-hetero) is 1. The molecule has 0 aliphatic carbocycles. The molecule has 1 aliphatic rings. The summed E-state index contributed by atoms with van der Waals surface area (Å²) in [7, 11) is 0. The zero-order valence-electron chi connectivity index (χ0n) is 8.99. The molecule has 88 valence electrons. The van der Waals surface area contributed by atoms with Crippen molar-refractivity contribution in [2.45, 2.75) is 6.42 Å². The fourth-order valence-electron chi connectivity index (χ4n) is 1.95. The van der Waals surface area contributed by atoms with Crippen molar-refractivity contribution in [3.05, 3.63) is 23.4 Å². The SMILES string of the molecule is O=C(O)Cc1cc2c(c3cnnnc13)N=CC2=O. The van der Waals surface area contributed by atoms with Crippen LogP contribution in [0.4, 0.5) is 5.69 Å². The molecule has 3 rings (SSSR count). The second kappa shape index (κ2) is 3.66. The molecule has 1 aromatic carbocycles. The van der Waals surface area contributed by atoms with Crippen LogP contribution in [0.25, 0.3) is 10.9 Å². The van der Waals surface area contributed by atoms with Gasteiger partial charge in [0, 0.05) is 5.39 Å². The molecular formula is C11H6N4O3. The summed E-state index contributed by atoms with van der Waals surface area (Å²) < 4.78 is 0. The number of hydrogen-bond donors (Lipinski definition) is 1. The van der Waals surface area contributed by atoms with Crippen LogP contribution < -0.4 is 0 Å². The van der Waals surface area contributed by atoms with Crippen molar-refractivity contribution in [1.82, 2.24) is 15.4 Å². The highest BCUT2D eigenvalue weighted by atomic mass is 16.4. The molecule has 7 nitrogen and oxygen atoms in total. The van der Waals surface area contributed by atoms with Crippen LogP contribution >= 0.6 is 0 Å². The molecular weight excluding hydrogens is 236 g/mol. The number of aliphatic imine (C=N–C) groups is 1. The molecule has 1 N–H and O–H groups in total. The third-order valence-corrected chi connectivity index (χ3v) is 2.69. The summed E-state index contributed by atoms with van der Waals surface area (Å²) in [4.78, 5) is 26.4. The number of rotatable bonds is 2. The number of carboxylic acids is 1. The van der Waals surface area contributed by atoms with Crippen molar-refractivity contribution in [2.24, 2.45) is 4.99 Å². The first kappa shape index (κ1) is 10.5. The topological polar surface area (TPSA) is 105 Å². The molecule has 2 heterocycles. The van der Waals surface area contributed by atoms with E-state index in [0.717, 1.165) is 0 Å². The van der Waals surface area contributed by atoms with Crippen LogP contribution in [-0.2, 0) is 11.2 Å². The minimum Gasteiger partial charge on any atom is -0.481 e. The maximum Gasteiger partial charge on any atom is 0.307 e. The number of nitrogens with zero attached hydrogens (tertiary/aromatic N) is 4. The van der Waals surface area contributed by atoms with Crippen LogP contribution in [0.5, 0.6) is 0 Å². The smallest absolute Gasteiger partial charge is 0.307 e. The summed E-state index contributed by atoms with van der Waals surface area (Å²) in [6.45, 7) is 0. The Labute approximate surface area is 100 Å². The minimum atomic E-state index is -0.999. The summed E-state index contributed by atoms with van der Waals surface area (Å²) in [5.41, 5.74) is 1.71. The van der Waals surface area contributed by atoms with Gasteiger partial charge in [-0.25, -0.2) is 0 Å². The maximum absolute atomic E-state index is 11.6. The van der Waals surface area contributed by atoms with E-state index in [4.69, 9.17) is 5.11 Å². The van der Waals surface area contributed by atoms with E-state index < -0.39 is 5.97 Å². The standard InChI is InChI=1S/C11H6N4O3/c16-8-4-12-11-6(8)1-5(2-9(17)18)10-7(11)3-13-15-14-10/h1,3-4H,2H2,(H,17,18). The minimum absolute atomic E-state index is 0.226. The van der Waals surface area contributed by atoms with Gasteiger partial charge < -0.3 is 5.11 Å². The molecule has 7 heteroatoms.